The average Bonchev–Trinajstić information content (AvgIpc) is 3.04. The Kier molecular flexibility index (Phi) is 4.73. The Bertz CT molecular complexity index is 787. The number of hydrogen-bond acceptors (Lipinski definition) is 5. The van der Waals surface area contributed by atoms with Gasteiger partial charge in [0.05, 0.1) is 33.1 Å². The largest absolute Gasteiger partial charge is 0.497 e. The Morgan fingerprint density at radius 1 is 1.26 bits per heavy atom. The van der Waals surface area contributed by atoms with Crippen molar-refractivity contribution in [3.8, 4) is 5.75 Å². The fraction of sp³-hybridized carbons (Fsp3) is 0.294. The highest BCUT2D eigenvalue weighted by atomic mass is 32.1. The molecule has 0 aliphatic carbocycles. The SMILES string of the molecule is COc1cccc([C@H](CNc2ncnc3sccc23)[NH+](C)C)c1. The van der Waals surface area contributed by atoms with Gasteiger partial charge in [-0.3, -0.25) is 0 Å². The molecule has 120 valence electrons. The number of hydrogen-bond donors (Lipinski definition) is 2. The number of methoxy groups -OCH3 is 1. The fourth-order valence-electron chi connectivity index (χ4n) is 2.64. The lowest BCUT2D eigenvalue weighted by Crippen LogP contribution is -3.06. The Hall–Kier alpha value is -2.18. The number of nitrogens with one attached hydrogen (secondary N) is 2. The number of likely N-dealkylation sites (N-methyl/N-ethyl adjacent to an activating group) is 1. The van der Waals surface area contributed by atoms with Crippen molar-refractivity contribution in [2.24, 2.45) is 0 Å². The zero-order valence-electron chi connectivity index (χ0n) is 13.5. The lowest BCUT2D eigenvalue weighted by Gasteiger charge is -2.23. The number of aromatic nitrogens is 2. The molecule has 0 aliphatic heterocycles. The number of thiophene rings is 1. The molecule has 2 heterocycles. The van der Waals surface area contributed by atoms with Crippen LogP contribution in [0.15, 0.2) is 42.0 Å². The van der Waals surface area contributed by atoms with Gasteiger partial charge in [0.1, 0.15) is 28.8 Å². The van der Waals surface area contributed by atoms with Gasteiger partial charge < -0.3 is 15.0 Å². The number of ether oxygens (including phenoxy) is 1. The van der Waals surface area contributed by atoms with E-state index in [0.717, 1.165) is 28.3 Å². The smallest absolute Gasteiger partial charge is 0.138 e. The molecule has 6 heteroatoms. The van der Waals surface area contributed by atoms with E-state index in [0.29, 0.717) is 6.04 Å². The zero-order chi connectivity index (χ0) is 16.2. The molecule has 0 radical (unpaired) electrons. The van der Waals surface area contributed by atoms with Gasteiger partial charge >= 0.3 is 0 Å². The maximum absolute atomic E-state index is 5.35. The van der Waals surface area contributed by atoms with Crippen molar-refractivity contribution in [3.63, 3.8) is 0 Å². The van der Waals surface area contributed by atoms with E-state index in [1.165, 1.54) is 10.5 Å². The van der Waals surface area contributed by atoms with Gasteiger partial charge in [-0.05, 0) is 23.6 Å². The summed E-state index contributed by atoms with van der Waals surface area (Å²) in [6, 6.07) is 10.6. The van der Waals surface area contributed by atoms with Crippen molar-refractivity contribution in [2.45, 2.75) is 6.04 Å². The Labute approximate surface area is 139 Å². The van der Waals surface area contributed by atoms with E-state index in [4.69, 9.17) is 4.74 Å². The highest BCUT2D eigenvalue weighted by molar-refractivity contribution is 7.16. The summed E-state index contributed by atoms with van der Waals surface area (Å²) in [6.45, 7) is 0.789. The number of anilines is 1. The molecule has 3 rings (SSSR count). The minimum absolute atomic E-state index is 0.300. The standard InChI is InChI=1S/C17H20N4OS/c1-21(2)15(12-5-4-6-13(9-12)22-3)10-18-16-14-7-8-23-17(14)20-11-19-16/h4-9,11,15H,10H2,1-3H3,(H,18,19,20)/p+1/t15-/m0/s1. The van der Waals surface area contributed by atoms with E-state index in [-0.39, 0.29) is 0 Å². The Balaban J connectivity index is 1.81. The molecule has 2 N–H and O–H groups in total. The molecule has 0 fully saturated rings. The van der Waals surface area contributed by atoms with Crippen LogP contribution in [0.4, 0.5) is 5.82 Å². The van der Waals surface area contributed by atoms with E-state index in [1.807, 2.05) is 17.5 Å². The first-order valence-corrected chi connectivity index (χ1v) is 8.43. The number of nitrogens with zero attached hydrogens (tertiary/aromatic N) is 2. The predicted octanol–water partition coefficient (Wildman–Crippen LogP) is 2.00. The minimum atomic E-state index is 0.300. The number of quaternary nitrogens is 1. The second kappa shape index (κ2) is 6.93. The Morgan fingerprint density at radius 3 is 2.91 bits per heavy atom. The quantitative estimate of drug-likeness (QED) is 0.726. The molecule has 5 nitrogen and oxygen atoms in total. The first-order chi connectivity index (χ1) is 11.2. The molecule has 3 aromatic rings. The van der Waals surface area contributed by atoms with Gasteiger partial charge in [-0.15, -0.1) is 11.3 Å². The molecule has 0 spiro atoms. The summed E-state index contributed by atoms with van der Waals surface area (Å²) in [6.07, 6.45) is 1.62. The van der Waals surface area contributed by atoms with Crippen LogP contribution in [0.3, 0.4) is 0 Å². The first kappa shape index (κ1) is 15.7. The van der Waals surface area contributed by atoms with Crippen LogP contribution in [0.25, 0.3) is 10.2 Å². The van der Waals surface area contributed by atoms with E-state index >= 15 is 0 Å². The number of fused-ring (bicyclic) bond motifs is 1. The van der Waals surface area contributed by atoms with Gasteiger partial charge in [-0.1, -0.05) is 12.1 Å². The van der Waals surface area contributed by atoms with Crippen LogP contribution in [0.5, 0.6) is 5.75 Å². The van der Waals surface area contributed by atoms with E-state index in [9.17, 15) is 0 Å². The maximum Gasteiger partial charge on any atom is 0.138 e. The molecular formula is C17H21N4OS+. The van der Waals surface area contributed by atoms with Gasteiger partial charge in [0.25, 0.3) is 0 Å². The van der Waals surface area contributed by atoms with Gasteiger partial charge in [-0.2, -0.15) is 0 Å². The number of rotatable bonds is 6. The minimum Gasteiger partial charge on any atom is -0.497 e. The lowest BCUT2D eigenvalue weighted by molar-refractivity contribution is -0.890. The van der Waals surface area contributed by atoms with E-state index in [1.54, 1.807) is 24.8 Å². The third-order valence-corrected chi connectivity index (χ3v) is 4.75. The third kappa shape index (κ3) is 3.43. The summed E-state index contributed by atoms with van der Waals surface area (Å²) in [4.78, 5) is 11.0. The summed E-state index contributed by atoms with van der Waals surface area (Å²) in [7, 11) is 6.01. The highest BCUT2D eigenvalue weighted by Crippen LogP contribution is 2.24. The van der Waals surface area contributed by atoms with Crippen LogP contribution in [0, 0.1) is 0 Å². The van der Waals surface area contributed by atoms with Gasteiger partial charge in [-0.25, -0.2) is 9.97 Å². The normalized spacial score (nSPS) is 12.5. The van der Waals surface area contributed by atoms with Crippen molar-refractivity contribution < 1.29 is 9.64 Å². The zero-order valence-corrected chi connectivity index (χ0v) is 14.4. The monoisotopic (exact) mass is 329 g/mol. The van der Waals surface area contributed by atoms with Crippen LogP contribution in [0.2, 0.25) is 0 Å². The van der Waals surface area contributed by atoms with Crippen LogP contribution in [0.1, 0.15) is 11.6 Å². The molecular weight excluding hydrogens is 308 g/mol. The molecule has 0 aliphatic rings. The predicted molar refractivity (Wildman–Crippen MR) is 94.5 cm³/mol. The maximum atomic E-state index is 5.35. The summed E-state index contributed by atoms with van der Waals surface area (Å²) in [5.41, 5.74) is 1.24. The Morgan fingerprint density at radius 2 is 2.13 bits per heavy atom. The third-order valence-electron chi connectivity index (χ3n) is 3.93. The fourth-order valence-corrected chi connectivity index (χ4v) is 3.38. The average molecular weight is 329 g/mol. The van der Waals surface area contributed by atoms with Crippen molar-refractivity contribution in [2.75, 3.05) is 33.1 Å². The summed E-state index contributed by atoms with van der Waals surface area (Å²) in [5, 5.41) is 6.61. The number of benzene rings is 1. The topological polar surface area (TPSA) is 51.5 Å². The van der Waals surface area contributed by atoms with Crippen LogP contribution >= 0.6 is 11.3 Å². The molecule has 0 unspecified atom stereocenters. The molecule has 0 saturated heterocycles. The van der Waals surface area contributed by atoms with Crippen molar-refractivity contribution in [1.82, 2.24) is 9.97 Å². The van der Waals surface area contributed by atoms with E-state index in [2.05, 4.69) is 47.6 Å². The van der Waals surface area contributed by atoms with Crippen LogP contribution in [-0.4, -0.2) is 37.7 Å². The van der Waals surface area contributed by atoms with Gasteiger partial charge in [0.15, 0.2) is 0 Å². The second-order valence-electron chi connectivity index (χ2n) is 5.65. The molecule has 23 heavy (non-hydrogen) atoms. The van der Waals surface area contributed by atoms with Crippen molar-refractivity contribution in [3.05, 3.63) is 47.6 Å². The first-order valence-electron chi connectivity index (χ1n) is 7.55. The van der Waals surface area contributed by atoms with Crippen molar-refractivity contribution >= 4 is 27.4 Å². The summed E-state index contributed by atoms with van der Waals surface area (Å²) >= 11 is 1.63. The summed E-state index contributed by atoms with van der Waals surface area (Å²) in [5.74, 6) is 1.78. The highest BCUT2D eigenvalue weighted by Gasteiger charge is 2.19. The van der Waals surface area contributed by atoms with Crippen molar-refractivity contribution in [1.29, 1.82) is 0 Å². The molecule has 0 saturated carbocycles. The second-order valence-corrected chi connectivity index (χ2v) is 6.54. The molecule has 1 aromatic carbocycles. The molecule has 1 atom stereocenters. The lowest BCUT2D eigenvalue weighted by atomic mass is 10.1. The van der Waals surface area contributed by atoms with Gasteiger partial charge in [0, 0.05) is 5.56 Å². The molecule has 0 amide bonds. The summed E-state index contributed by atoms with van der Waals surface area (Å²) < 4.78 is 5.35. The van der Waals surface area contributed by atoms with Gasteiger partial charge in [0.2, 0.25) is 0 Å². The molecule has 0 bridgehead atoms. The van der Waals surface area contributed by atoms with Crippen LogP contribution in [-0.2, 0) is 0 Å². The molecule has 2 aromatic heterocycles. The van der Waals surface area contributed by atoms with E-state index < -0.39 is 0 Å². The van der Waals surface area contributed by atoms with Crippen LogP contribution < -0.4 is 15.0 Å².